The van der Waals surface area contributed by atoms with Crippen LogP contribution in [-0.4, -0.2) is 28.1 Å². The number of carboxylic acids is 1. The van der Waals surface area contributed by atoms with Crippen molar-refractivity contribution in [2.45, 2.75) is 44.8 Å². The van der Waals surface area contributed by atoms with Crippen molar-refractivity contribution in [3.05, 3.63) is 23.7 Å². The molecule has 0 aliphatic carbocycles. The highest BCUT2D eigenvalue weighted by molar-refractivity contribution is 5.71. The van der Waals surface area contributed by atoms with Gasteiger partial charge in [0.1, 0.15) is 5.76 Å². The number of hydrogen-bond donors (Lipinski definition) is 1. The lowest BCUT2D eigenvalue weighted by Crippen LogP contribution is -2.32. The Balaban J connectivity index is 1.77. The average molecular weight is 235 g/mol. The summed E-state index contributed by atoms with van der Waals surface area (Å²) in [6.45, 7) is 2.80. The number of furan rings is 1. The molecule has 2 bridgehead atoms. The Hall–Kier alpha value is -1.29. The quantitative estimate of drug-likeness (QED) is 0.871. The first-order chi connectivity index (χ1) is 8.16. The van der Waals surface area contributed by atoms with Crippen LogP contribution in [0, 0.1) is 12.8 Å². The van der Waals surface area contributed by atoms with Gasteiger partial charge in [0.25, 0.3) is 0 Å². The molecule has 4 nitrogen and oxygen atoms in total. The van der Waals surface area contributed by atoms with Gasteiger partial charge in [0.05, 0.1) is 18.7 Å². The Morgan fingerprint density at radius 2 is 2.41 bits per heavy atom. The Labute approximate surface area is 100 Å². The van der Waals surface area contributed by atoms with Crippen molar-refractivity contribution in [3.8, 4) is 0 Å². The van der Waals surface area contributed by atoms with Crippen molar-refractivity contribution in [3.63, 3.8) is 0 Å². The van der Waals surface area contributed by atoms with E-state index >= 15 is 0 Å². The second kappa shape index (κ2) is 3.88. The third-order valence-corrected chi connectivity index (χ3v) is 4.29. The summed E-state index contributed by atoms with van der Waals surface area (Å²) in [5.74, 6) is 0.162. The van der Waals surface area contributed by atoms with Gasteiger partial charge in [-0.25, -0.2) is 0 Å². The van der Waals surface area contributed by atoms with Crippen LogP contribution in [0.1, 0.15) is 30.6 Å². The van der Waals surface area contributed by atoms with E-state index in [1.807, 2.05) is 13.0 Å². The maximum absolute atomic E-state index is 11.2. The van der Waals surface area contributed by atoms with Gasteiger partial charge in [0.15, 0.2) is 0 Å². The molecule has 1 aromatic heterocycles. The predicted molar refractivity (Wildman–Crippen MR) is 61.5 cm³/mol. The van der Waals surface area contributed by atoms with Crippen LogP contribution < -0.4 is 0 Å². The van der Waals surface area contributed by atoms with Crippen molar-refractivity contribution < 1.29 is 14.3 Å². The molecular formula is C13H17NO3. The minimum atomic E-state index is -0.640. The Morgan fingerprint density at radius 1 is 1.59 bits per heavy atom. The standard InChI is InChI=1S/C13H17NO3/c1-8-4-5-17-12(8)7-14-9-2-3-11(14)10(6-9)13(15)16/h4-5,9-11H,2-3,6-7H2,1H3,(H,15,16). The van der Waals surface area contributed by atoms with Crippen LogP contribution in [0.5, 0.6) is 0 Å². The number of carboxylic acid groups (broad SMARTS) is 1. The molecule has 1 aromatic rings. The molecule has 1 N–H and O–H groups in total. The van der Waals surface area contributed by atoms with Gasteiger partial charge in [-0.3, -0.25) is 9.69 Å². The summed E-state index contributed by atoms with van der Waals surface area (Å²) < 4.78 is 5.46. The van der Waals surface area contributed by atoms with Gasteiger partial charge in [-0.15, -0.1) is 0 Å². The van der Waals surface area contributed by atoms with Crippen LogP contribution in [0.2, 0.25) is 0 Å². The molecule has 3 atom stereocenters. The summed E-state index contributed by atoms with van der Waals surface area (Å²) >= 11 is 0. The van der Waals surface area contributed by atoms with E-state index in [2.05, 4.69) is 4.90 Å². The molecule has 92 valence electrons. The maximum atomic E-state index is 11.2. The highest BCUT2D eigenvalue weighted by Crippen LogP contribution is 2.42. The first-order valence-electron chi connectivity index (χ1n) is 6.18. The third-order valence-electron chi connectivity index (χ3n) is 4.29. The topological polar surface area (TPSA) is 53.7 Å². The monoisotopic (exact) mass is 235 g/mol. The van der Waals surface area contributed by atoms with Crippen molar-refractivity contribution in [2.24, 2.45) is 5.92 Å². The van der Waals surface area contributed by atoms with E-state index in [4.69, 9.17) is 4.42 Å². The first kappa shape index (κ1) is 10.8. The van der Waals surface area contributed by atoms with E-state index in [-0.39, 0.29) is 12.0 Å². The number of rotatable bonds is 3. The summed E-state index contributed by atoms with van der Waals surface area (Å²) in [5.41, 5.74) is 1.16. The molecule has 3 rings (SSSR count). The second-order valence-corrected chi connectivity index (χ2v) is 5.18. The molecule has 3 heterocycles. The van der Waals surface area contributed by atoms with E-state index in [1.54, 1.807) is 6.26 Å². The Kier molecular flexibility index (Phi) is 2.47. The fourth-order valence-electron chi connectivity index (χ4n) is 3.34. The summed E-state index contributed by atoms with van der Waals surface area (Å²) in [5, 5.41) is 9.18. The average Bonchev–Trinajstić information content (AvgIpc) is 2.96. The third kappa shape index (κ3) is 1.67. The smallest absolute Gasteiger partial charge is 0.308 e. The number of aryl methyl sites for hydroxylation is 1. The van der Waals surface area contributed by atoms with Crippen molar-refractivity contribution in [1.29, 1.82) is 0 Å². The molecule has 0 spiro atoms. The molecule has 2 fully saturated rings. The number of nitrogens with zero attached hydrogens (tertiary/aromatic N) is 1. The molecule has 0 amide bonds. The Morgan fingerprint density at radius 3 is 3.00 bits per heavy atom. The van der Waals surface area contributed by atoms with Gasteiger partial charge in [0, 0.05) is 12.1 Å². The number of fused-ring (bicyclic) bond motifs is 2. The molecule has 2 saturated heterocycles. The highest BCUT2D eigenvalue weighted by atomic mass is 16.4. The van der Waals surface area contributed by atoms with Crippen LogP contribution in [-0.2, 0) is 11.3 Å². The normalized spacial score (nSPS) is 32.2. The zero-order valence-corrected chi connectivity index (χ0v) is 9.93. The van der Waals surface area contributed by atoms with Gasteiger partial charge < -0.3 is 9.52 Å². The highest BCUT2D eigenvalue weighted by Gasteiger charge is 2.49. The molecule has 4 heteroatoms. The van der Waals surface area contributed by atoms with Gasteiger partial charge in [0.2, 0.25) is 0 Å². The first-order valence-corrected chi connectivity index (χ1v) is 6.18. The van der Waals surface area contributed by atoms with Crippen LogP contribution in [0.3, 0.4) is 0 Å². The van der Waals surface area contributed by atoms with Crippen molar-refractivity contribution in [1.82, 2.24) is 4.90 Å². The van der Waals surface area contributed by atoms with Crippen LogP contribution in [0.25, 0.3) is 0 Å². The van der Waals surface area contributed by atoms with E-state index in [0.29, 0.717) is 6.04 Å². The van der Waals surface area contributed by atoms with Gasteiger partial charge in [-0.05, 0) is 37.8 Å². The zero-order valence-electron chi connectivity index (χ0n) is 9.93. The SMILES string of the molecule is Cc1ccoc1CN1C2CCC1C(C(=O)O)C2. The molecule has 17 heavy (non-hydrogen) atoms. The number of carbonyl (C=O) groups is 1. The van der Waals surface area contributed by atoms with Gasteiger partial charge in [-0.1, -0.05) is 0 Å². The van der Waals surface area contributed by atoms with E-state index in [1.165, 1.54) is 0 Å². The van der Waals surface area contributed by atoms with Crippen LogP contribution in [0.15, 0.2) is 16.7 Å². The van der Waals surface area contributed by atoms with Crippen LogP contribution >= 0.6 is 0 Å². The predicted octanol–water partition coefficient (Wildman–Crippen LogP) is 2.03. The van der Waals surface area contributed by atoms with Crippen molar-refractivity contribution in [2.75, 3.05) is 0 Å². The van der Waals surface area contributed by atoms with E-state index < -0.39 is 5.97 Å². The molecule has 3 unspecified atom stereocenters. The summed E-state index contributed by atoms with van der Waals surface area (Å²) in [4.78, 5) is 13.5. The lowest BCUT2D eigenvalue weighted by Gasteiger charge is -2.21. The maximum Gasteiger partial charge on any atom is 0.308 e. The fraction of sp³-hybridized carbons (Fsp3) is 0.615. The molecule has 0 radical (unpaired) electrons. The largest absolute Gasteiger partial charge is 0.481 e. The lowest BCUT2D eigenvalue weighted by molar-refractivity contribution is -0.142. The second-order valence-electron chi connectivity index (χ2n) is 5.18. The van der Waals surface area contributed by atoms with E-state index in [9.17, 15) is 9.90 Å². The van der Waals surface area contributed by atoms with Gasteiger partial charge in [-0.2, -0.15) is 0 Å². The minimum absolute atomic E-state index is 0.177. The molecule has 0 saturated carbocycles. The lowest BCUT2D eigenvalue weighted by atomic mass is 9.89. The fourth-order valence-corrected chi connectivity index (χ4v) is 3.34. The summed E-state index contributed by atoms with van der Waals surface area (Å²) in [6, 6.07) is 2.61. The van der Waals surface area contributed by atoms with E-state index in [0.717, 1.165) is 37.1 Å². The minimum Gasteiger partial charge on any atom is -0.481 e. The Bertz CT molecular complexity index is 440. The van der Waals surface area contributed by atoms with Gasteiger partial charge >= 0.3 is 5.97 Å². The zero-order chi connectivity index (χ0) is 12.0. The molecule has 2 aliphatic rings. The molecule has 0 aromatic carbocycles. The molecule has 2 aliphatic heterocycles. The van der Waals surface area contributed by atoms with Crippen molar-refractivity contribution >= 4 is 5.97 Å². The summed E-state index contributed by atoms with van der Waals surface area (Å²) in [6.07, 6.45) is 4.66. The number of hydrogen-bond acceptors (Lipinski definition) is 3. The summed E-state index contributed by atoms with van der Waals surface area (Å²) in [7, 11) is 0. The molecular weight excluding hydrogens is 218 g/mol. The van der Waals surface area contributed by atoms with Crippen LogP contribution in [0.4, 0.5) is 0 Å². The number of aliphatic carboxylic acids is 1.